The second kappa shape index (κ2) is 3.90. The molecule has 1 aliphatic heterocycles. The Morgan fingerprint density at radius 2 is 2.33 bits per heavy atom. The SMILES string of the molecule is CC(C)CN1CC(N)CCC1=O. The van der Waals surface area contributed by atoms with Crippen LogP contribution in [-0.4, -0.2) is 29.9 Å². The Labute approximate surface area is 73.9 Å². The van der Waals surface area contributed by atoms with Crippen molar-refractivity contribution in [2.75, 3.05) is 13.1 Å². The van der Waals surface area contributed by atoms with Crippen molar-refractivity contribution < 1.29 is 4.79 Å². The molecule has 0 aromatic heterocycles. The molecule has 0 aromatic rings. The van der Waals surface area contributed by atoms with E-state index in [9.17, 15) is 4.79 Å². The van der Waals surface area contributed by atoms with Crippen molar-refractivity contribution in [3.63, 3.8) is 0 Å². The zero-order valence-corrected chi connectivity index (χ0v) is 7.92. The Bertz CT molecular complexity index is 166. The fourth-order valence-electron chi connectivity index (χ4n) is 1.56. The summed E-state index contributed by atoms with van der Waals surface area (Å²) in [6.07, 6.45) is 1.49. The minimum absolute atomic E-state index is 0.196. The average Bonchev–Trinajstić information content (AvgIpc) is 1.96. The molecule has 1 amide bonds. The summed E-state index contributed by atoms with van der Waals surface area (Å²) in [4.78, 5) is 13.2. The monoisotopic (exact) mass is 170 g/mol. The summed E-state index contributed by atoms with van der Waals surface area (Å²) in [5.41, 5.74) is 5.77. The molecule has 1 fully saturated rings. The van der Waals surface area contributed by atoms with Crippen LogP contribution in [-0.2, 0) is 4.79 Å². The van der Waals surface area contributed by atoms with Crippen molar-refractivity contribution in [3.05, 3.63) is 0 Å². The molecule has 1 unspecified atom stereocenters. The van der Waals surface area contributed by atoms with Gasteiger partial charge in [-0.05, 0) is 12.3 Å². The minimum Gasteiger partial charge on any atom is -0.341 e. The maximum absolute atomic E-state index is 11.3. The van der Waals surface area contributed by atoms with Crippen molar-refractivity contribution in [1.82, 2.24) is 4.90 Å². The quantitative estimate of drug-likeness (QED) is 0.659. The standard InChI is InChI=1S/C9H18N2O/c1-7(2)5-11-6-8(10)3-4-9(11)12/h7-8H,3-6,10H2,1-2H3. The lowest BCUT2D eigenvalue weighted by Gasteiger charge is -2.31. The van der Waals surface area contributed by atoms with Crippen LogP contribution in [0.5, 0.6) is 0 Å². The molecule has 3 heteroatoms. The first-order valence-electron chi connectivity index (χ1n) is 4.63. The van der Waals surface area contributed by atoms with Crippen molar-refractivity contribution in [2.24, 2.45) is 11.7 Å². The van der Waals surface area contributed by atoms with E-state index in [1.807, 2.05) is 4.90 Å². The first-order chi connectivity index (χ1) is 5.59. The zero-order valence-electron chi connectivity index (χ0n) is 7.92. The van der Waals surface area contributed by atoms with Crippen molar-refractivity contribution >= 4 is 5.91 Å². The van der Waals surface area contributed by atoms with Gasteiger partial charge in [-0.2, -0.15) is 0 Å². The van der Waals surface area contributed by atoms with Gasteiger partial charge >= 0.3 is 0 Å². The lowest BCUT2D eigenvalue weighted by molar-refractivity contribution is -0.134. The molecule has 0 aromatic carbocycles. The second-order valence-corrected chi connectivity index (χ2v) is 3.99. The predicted octanol–water partition coefficient (Wildman–Crippen LogP) is 0.592. The molecular weight excluding hydrogens is 152 g/mol. The van der Waals surface area contributed by atoms with Crippen molar-refractivity contribution in [1.29, 1.82) is 0 Å². The van der Waals surface area contributed by atoms with E-state index in [0.29, 0.717) is 12.3 Å². The third-order valence-electron chi connectivity index (χ3n) is 2.12. The van der Waals surface area contributed by atoms with Gasteiger partial charge in [-0.3, -0.25) is 4.79 Å². The predicted molar refractivity (Wildman–Crippen MR) is 48.6 cm³/mol. The van der Waals surface area contributed by atoms with Crippen LogP contribution in [0.4, 0.5) is 0 Å². The van der Waals surface area contributed by atoms with Gasteiger partial charge in [0.25, 0.3) is 0 Å². The normalized spacial score (nSPS) is 25.2. The Morgan fingerprint density at radius 1 is 1.67 bits per heavy atom. The number of hydrogen-bond donors (Lipinski definition) is 1. The highest BCUT2D eigenvalue weighted by molar-refractivity contribution is 5.77. The molecule has 0 bridgehead atoms. The Hall–Kier alpha value is -0.570. The number of likely N-dealkylation sites (tertiary alicyclic amines) is 1. The molecule has 1 saturated heterocycles. The van der Waals surface area contributed by atoms with E-state index in [1.165, 1.54) is 0 Å². The number of amides is 1. The maximum Gasteiger partial charge on any atom is 0.222 e. The van der Waals surface area contributed by atoms with E-state index in [1.54, 1.807) is 0 Å². The van der Waals surface area contributed by atoms with Crippen LogP contribution in [0.1, 0.15) is 26.7 Å². The zero-order chi connectivity index (χ0) is 9.14. The summed E-state index contributed by atoms with van der Waals surface area (Å²) >= 11 is 0. The molecular formula is C9H18N2O. The molecule has 1 aliphatic rings. The summed E-state index contributed by atoms with van der Waals surface area (Å²) < 4.78 is 0. The fraction of sp³-hybridized carbons (Fsp3) is 0.889. The molecule has 1 heterocycles. The van der Waals surface area contributed by atoms with E-state index in [4.69, 9.17) is 5.73 Å². The third kappa shape index (κ3) is 2.48. The topological polar surface area (TPSA) is 46.3 Å². The molecule has 12 heavy (non-hydrogen) atoms. The number of nitrogens with zero attached hydrogens (tertiary/aromatic N) is 1. The number of hydrogen-bond acceptors (Lipinski definition) is 2. The van der Waals surface area contributed by atoms with Crippen LogP contribution < -0.4 is 5.73 Å². The van der Waals surface area contributed by atoms with Gasteiger partial charge in [0.1, 0.15) is 0 Å². The molecule has 0 aliphatic carbocycles. The second-order valence-electron chi connectivity index (χ2n) is 3.99. The van der Waals surface area contributed by atoms with E-state index in [-0.39, 0.29) is 11.9 Å². The average molecular weight is 170 g/mol. The highest BCUT2D eigenvalue weighted by Gasteiger charge is 2.23. The molecule has 0 radical (unpaired) electrons. The molecule has 70 valence electrons. The Morgan fingerprint density at radius 3 is 2.92 bits per heavy atom. The Kier molecular flexibility index (Phi) is 3.09. The molecule has 0 saturated carbocycles. The lowest BCUT2D eigenvalue weighted by atomic mass is 10.0. The summed E-state index contributed by atoms with van der Waals surface area (Å²) in [7, 11) is 0. The number of rotatable bonds is 2. The maximum atomic E-state index is 11.3. The van der Waals surface area contributed by atoms with Crippen LogP contribution in [0.25, 0.3) is 0 Å². The van der Waals surface area contributed by atoms with E-state index in [2.05, 4.69) is 13.8 Å². The summed E-state index contributed by atoms with van der Waals surface area (Å²) in [5, 5.41) is 0. The largest absolute Gasteiger partial charge is 0.341 e. The first-order valence-corrected chi connectivity index (χ1v) is 4.63. The van der Waals surface area contributed by atoms with E-state index in [0.717, 1.165) is 19.5 Å². The van der Waals surface area contributed by atoms with Gasteiger partial charge in [0.05, 0.1) is 0 Å². The highest BCUT2D eigenvalue weighted by atomic mass is 16.2. The Balaban J connectivity index is 2.43. The van der Waals surface area contributed by atoms with Crippen LogP contribution in [0, 0.1) is 5.92 Å². The molecule has 3 nitrogen and oxygen atoms in total. The lowest BCUT2D eigenvalue weighted by Crippen LogP contribution is -2.47. The summed E-state index contributed by atoms with van der Waals surface area (Å²) in [6.45, 7) is 5.84. The number of nitrogens with two attached hydrogens (primary N) is 1. The van der Waals surface area contributed by atoms with Crippen molar-refractivity contribution in [2.45, 2.75) is 32.7 Å². The van der Waals surface area contributed by atoms with Gasteiger partial charge < -0.3 is 10.6 Å². The van der Waals surface area contributed by atoms with Crippen LogP contribution >= 0.6 is 0 Å². The molecule has 0 spiro atoms. The fourth-order valence-corrected chi connectivity index (χ4v) is 1.56. The van der Waals surface area contributed by atoms with Crippen LogP contribution in [0.15, 0.2) is 0 Å². The molecule has 2 N–H and O–H groups in total. The van der Waals surface area contributed by atoms with Gasteiger partial charge in [-0.1, -0.05) is 13.8 Å². The van der Waals surface area contributed by atoms with Gasteiger partial charge in [-0.15, -0.1) is 0 Å². The minimum atomic E-state index is 0.196. The van der Waals surface area contributed by atoms with Crippen LogP contribution in [0.3, 0.4) is 0 Å². The first kappa shape index (κ1) is 9.52. The number of carbonyl (C=O) groups is 1. The summed E-state index contributed by atoms with van der Waals surface area (Å²) in [5.74, 6) is 0.810. The van der Waals surface area contributed by atoms with Gasteiger partial charge in [-0.25, -0.2) is 0 Å². The number of piperidine rings is 1. The summed E-state index contributed by atoms with van der Waals surface area (Å²) in [6, 6.07) is 0.196. The molecule has 1 atom stereocenters. The van der Waals surface area contributed by atoms with E-state index < -0.39 is 0 Å². The smallest absolute Gasteiger partial charge is 0.222 e. The van der Waals surface area contributed by atoms with Gasteiger partial charge in [0.15, 0.2) is 0 Å². The molecule has 1 rings (SSSR count). The van der Waals surface area contributed by atoms with Crippen molar-refractivity contribution in [3.8, 4) is 0 Å². The number of carbonyl (C=O) groups excluding carboxylic acids is 1. The third-order valence-corrected chi connectivity index (χ3v) is 2.12. The highest BCUT2D eigenvalue weighted by Crippen LogP contribution is 2.11. The van der Waals surface area contributed by atoms with Gasteiger partial charge in [0.2, 0.25) is 5.91 Å². The van der Waals surface area contributed by atoms with E-state index >= 15 is 0 Å². The van der Waals surface area contributed by atoms with Crippen LogP contribution in [0.2, 0.25) is 0 Å². The van der Waals surface area contributed by atoms with Gasteiger partial charge in [0, 0.05) is 25.6 Å².